The van der Waals surface area contributed by atoms with E-state index in [1.54, 1.807) is 6.20 Å². The summed E-state index contributed by atoms with van der Waals surface area (Å²) in [6.45, 7) is 3.80. The number of hydrogen-bond donors (Lipinski definition) is 2. The molecular weight excluding hydrogens is 268 g/mol. The number of aryl methyl sites for hydroxylation is 1. The second kappa shape index (κ2) is 5.11. The van der Waals surface area contributed by atoms with Gasteiger partial charge >= 0.3 is 0 Å². The van der Waals surface area contributed by atoms with Crippen molar-refractivity contribution in [3.63, 3.8) is 0 Å². The van der Waals surface area contributed by atoms with Gasteiger partial charge in [-0.3, -0.25) is 4.79 Å². The fraction of sp³-hybridized carbons (Fsp3) is 0.533. The van der Waals surface area contributed by atoms with E-state index in [-0.39, 0.29) is 11.8 Å². The number of aromatic nitrogens is 2. The molecule has 1 aliphatic rings. The van der Waals surface area contributed by atoms with Crippen molar-refractivity contribution in [1.29, 1.82) is 0 Å². The van der Waals surface area contributed by atoms with E-state index < -0.39 is 5.54 Å². The molecule has 0 saturated heterocycles. The lowest BCUT2D eigenvalue weighted by Crippen LogP contribution is -2.51. The molecule has 1 fully saturated rings. The van der Waals surface area contributed by atoms with Gasteiger partial charge in [0.05, 0.1) is 28.9 Å². The first-order chi connectivity index (χ1) is 9.97. The first-order valence-electron chi connectivity index (χ1n) is 7.29. The molecular formula is C15H20N4O2. The normalized spacial score (nSPS) is 26.0. The van der Waals surface area contributed by atoms with Crippen LogP contribution in [0.25, 0.3) is 11.1 Å². The average molecular weight is 288 g/mol. The number of nitrogens with zero attached hydrogens (tertiary/aromatic N) is 2. The van der Waals surface area contributed by atoms with Crippen LogP contribution < -0.4 is 11.1 Å². The Kier molecular flexibility index (Phi) is 3.41. The molecule has 3 N–H and O–H groups in total. The largest absolute Gasteiger partial charge is 0.336 e. The molecule has 21 heavy (non-hydrogen) atoms. The van der Waals surface area contributed by atoms with Crippen LogP contribution in [0.4, 0.5) is 5.69 Å². The standard InChI is InChI=1S/C15H20N4O2/c1-9-11-7-10(8-17-14(11)21-19-9)18-13(20)12-5-3-4-6-15(12,2)16/h7-8,12H,3-6,16H2,1-2H3,(H,18,20). The Morgan fingerprint density at radius 1 is 1.52 bits per heavy atom. The molecule has 3 rings (SSSR count). The van der Waals surface area contributed by atoms with E-state index in [1.807, 2.05) is 19.9 Å². The number of anilines is 1. The van der Waals surface area contributed by atoms with Gasteiger partial charge in [0.25, 0.3) is 5.71 Å². The fourth-order valence-electron chi connectivity index (χ4n) is 3.03. The predicted octanol–water partition coefficient (Wildman–Crippen LogP) is 2.38. The third kappa shape index (κ3) is 2.63. The molecule has 1 saturated carbocycles. The molecule has 112 valence electrons. The summed E-state index contributed by atoms with van der Waals surface area (Å²) in [5.41, 5.74) is 7.73. The van der Waals surface area contributed by atoms with Crippen LogP contribution in [0.3, 0.4) is 0 Å². The van der Waals surface area contributed by atoms with Gasteiger partial charge in [-0.1, -0.05) is 18.0 Å². The maximum absolute atomic E-state index is 12.5. The van der Waals surface area contributed by atoms with Gasteiger partial charge in [0.1, 0.15) is 0 Å². The zero-order valence-electron chi connectivity index (χ0n) is 12.3. The molecule has 0 bridgehead atoms. The molecule has 6 heteroatoms. The molecule has 2 heterocycles. The van der Waals surface area contributed by atoms with Crippen molar-refractivity contribution in [3.8, 4) is 0 Å². The number of nitrogens with two attached hydrogens (primary N) is 1. The summed E-state index contributed by atoms with van der Waals surface area (Å²) in [5.74, 6) is -0.194. The summed E-state index contributed by atoms with van der Waals surface area (Å²) in [5, 5.41) is 7.60. The van der Waals surface area contributed by atoms with Crippen molar-refractivity contribution in [2.75, 3.05) is 5.32 Å². The summed E-state index contributed by atoms with van der Waals surface area (Å²) >= 11 is 0. The summed E-state index contributed by atoms with van der Waals surface area (Å²) < 4.78 is 5.06. The van der Waals surface area contributed by atoms with E-state index in [9.17, 15) is 4.79 Å². The van der Waals surface area contributed by atoms with Crippen molar-refractivity contribution < 1.29 is 9.32 Å². The highest BCUT2D eigenvalue weighted by molar-refractivity contribution is 5.95. The maximum Gasteiger partial charge on any atom is 0.258 e. The molecule has 0 radical (unpaired) electrons. The number of pyridine rings is 1. The van der Waals surface area contributed by atoms with Crippen molar-refractivity contribution in [3.05, 3.63) is 18.0 Å². The number of fused-ring (bicyclic) bond motifs is 1. The summed E-state index contributed by atoms with van der Waals surface area (Å²) in [7, 11) is 0. The van der Waals surface area contributed by atoms with Crippen LogP contribution in [-0.2, 0) is 4.79 Å². The van der Waals surface area contributed by atoms with Crippen molar-refractivity contribution in [1.82, 2.24) is 10.1 Å². The second-order valence-electron chi connectivity index (χ2n) is 6.14. The number of hydrogen-bond acceptors (Lipinski definition) is 5. The number of rotatable bonds is 2. The van der Waals surface area contributed by atoms with Gasteiger partial charge in [-0.2, -0.15) is 0 Å². The highest BCUT2D eigenvalue weighted by atomic mass is 16.5. The Hall–Kier alpha value is -1.95. The first kappa shape index (κ1) is 14.0. The number of amides is 1. The Morgan fingerprint density at radius 3 is 3.10 bits per heavy atom. The van der Waals surface area contributed by atoms with Gasteiger partial charge in [-0.05, 0) is 32.8 Å². The van der Waals surface area contributed by atoms with Crippen LogP contribution in [0.5, 0.6) is 0 Å². The van der Waals surface area contributed by atoms with Crippen LogP contribution in [0.2, 0.25) is 0 Å². The number of nitrogens with one attached hydrogen (secondary N) is 1. The van der Waals surface area contributed by atoms with Gasteiger partial charge < -0.3 is 15.6 Å². The van der Waals surface area contributed by atoms with E-state index in [0.29, 0.717) is 11.4 Å². The topological polar surface area (TPSA) is 94.0 Å². The Bertz CT molecular complexity index is 677. The molecule has 0 spiro atoms. The van der Waals surface area contributed by atoms with Crippen LogP contribution in [0.1, 0.15) is 38.3 Å². The Balaban J connectivity index is 1.80. The Labute approximate surface area is 123 Å². The molecule has 2 aromatic heterocycles. The number of carbonyl (C=O) groups excluding carboxylic acids is 1. The molecule has 2 unspecified atom stereocenters. The van der Waals surface area contributed by atoms with Crippen LogP contribution >= 0.6 is 0 Å². The third-order valence-electron chi connectivity index (χ3n) is 4.35. The van der Waals surface area contributed by atoms with Crippen molar-refractivity contribution in [2.24, 2.45) is 11.7 Å². The quantitative estimate of drug-likeness (QED) is 0.884. The molecule has 0 aliphatic heterocycles. The smallest absolute Gasteiger partial charge is 0.258 e. The summed E-state index contributed by atoms with van der Waals surface area (Å²) in [6.07, 6.45) is 5.44. The lowest BCUT2D eigenvalue weighted by atomic mass is 9.74. The fourth-order valence-corrected chi connectivity index (χ4v) is 3.03. The predicted molar refractivity (Wildman–Crippen MR) is 79.7 cm³/mol. The van der Waals surface area contributed by atoms with E-state index in [1.165, 1.54) is 0 Å². The van der Waals surface area contributed by atoms with Crippen molar-refractivity contribution >= 4 is 22.7 Å². The van der Waals surface area contributed by atoms with Gasteiger partial charge in [0.2, 0.25) is 5.91 Å². The molecule has 1 amide bonds. The molecule has 1 aliphatic carbocycles. The lowest BCUT2D eigenvalue weighted by Gasteiger charge is -2.37. The summed E-state index contributed by atoms with van der Waals surface area (Å²) in [6, 6.07) is 1.84. The number of carbonyl (C=O) groups is 1. The highest BCUT2D eigenvalue weighted by Gasteiger charge is 2.37. The monoisotopic (exact) mass is 288 g/mol. The van der Waals surface area contributed by atoms with Gasteiger partial charge in [0.15, 0.2) is 0 Å². The third-order valence-corrected chi connectivity index (χ3v) is 4.35. The molecule has 6 nitrogen and oxygen atoms in total. The SMILES string of the molecule is Cc1noc2ncc(NC(=O)C3CCCCC3(C)N)cc12. The van der Waals surface area contributed by atoms with Crippen LogP contribution in [0, 0.1) is 12.8 Å². The Morgan fingerprint density at radius 2 is 2.33 bits per heavy atom. The molecule has 2 atom stereocenters. The minimum Gasteiger partial charge on any atom is -0.336 e. The highest BCUT2D eigenvalue weighted by Crippen LogP contribution is 2.32. The zero-order chi connectivity index (χ0) is 15.0. The minimum atomic E-state index is -0.438. The van der Waals surface area contributed by atoms with Crippen LogP contribution in [-0.4, -0.2) is 21.6 Å². The summed E-state index contributed by atoms with van der Waals surface area (Å²) in [4.78, 5) is 16.6. The van der Waals surface area contributed by atoms with E-state index in [2.05, 4.69) is 15.5 Å². The lowest BCUT2D eigenvalue weighted by molar-refractivity contribution is -0.122. The van der Waals surface area contributed by atoms with Gasteiger partial charge in [-0.15, -0.1) is 0 Å². The maximum atomic E-state index is 12.5. The molecule has 2 aromatic rings. The molecule has 0 aromatic carbocycles. The van der Waals surface area contributed by atoms with E-state index >= 15 is 0 Å². The van der Waals surface area contributed by atoms with Crippen molar-refractivity contribution in [2.45, 2.75) is 45.1 Å². The van der Waals surface area contributed by atoms with E-state index in [4.69, 9.17) is 10.3 Å². The minimum absolute atomic E-state index is 0.0324. The van der Waals surface area contributed by atoms with Crippen LogP contribution in [0.15, 0.2) is 16.8 Å². The average Bonchev–Trinajstić information content (AvgIpc) is 2.79. The van der Waals surface area contributed by atoms with Gasteiger partial charge in [0, 0.05) is 5.54 Å². The van der Waals surface area contributed by atoms with E-state index in [0.717, 1.165) is 36.8 Å². The second-order valence-corrected chi connectivity index (χ2v) is 6.14. The zero-order valence-corrected chi connectivity index (χ0v) is 12.3. The first-order valence-corrected chi connectivity index (χ1v) is 7.29. The van der Waals surface area contributed by atoms with Gasteiger partial charge in [-0.25, -0.2) is 4.98 Å².